The average Bonchev–Trinajstić information content (AvgIpc) is 3.30. The summed E-state index contributed by atoms with van der Waals surface area (Å²) in [6.07, 6.45) is 4.83. The first kappa shape index (κ1) is 18.4. The van der Waals surface area contributed by atoms with Gasteiger partial charge in [-0.2, -0.15) is 0 Å². The Labute approximate surface area is 153 Å². The van der Waals surface area contributed by atoms with Gasteiger partial charge < -0.3 is 15.2 Å². The highest BCUT2D eigenvalue weighted by molar-refractivity contribution is 5.79. The summed E-state index contributed by atoms with van der Waals surface area (Å²) < 4.78 is 15.2. The fourth-order valence-corrected chi connectivity index (χ4v) is 3.10. The lowest BCUT2D eigenvalue weighted by Crippen LogP contribution is -2.39. The van der Waals surface area contributed by atoms with Gasteiger partial charge in [0.1, 0.15) is 18.0 Å². The summed E-state index contributed by atoms with van der Waals surface area (Å²) in [7, 11) is 0. The van der Waals surface area contributed by atoms with Crippen molar-refractivity contribution in [3.63, 3.8) is 0 Å². The smallest absolute Gasteiger partial charge is 0.191 e. The van der Waals surface area contributed by atoms with E-state index >= 15 is 0 Å². The van der Waals surface area contributed by atoms with Gasteiger partial charge in [-0.05, 0) is 37.5 Å². The quantitative estimate of drug-likeness (QED) is 0.561. The summed E-state index contributed by atoms with van der Waals surface area (Å²) in [5, 5.41) is 14.7. The van der Waals surface area contributed by atoms with E-state index in [0.29, 0.717) is 6.54 Å². The van der Waals surface area contributed by atoms with Crippen molar-refractivity contribution >= 4 is 5.96 Å². The Hall–Kier alpha value is -2.44. The minimum absolute atomic E-state index is 0.0691. The van der Waals surface area contributed by atoms with Crippen LogP contribution in [0.4, 0.5) is 4.39 Å². The maximum Gasteiger partial charge on any atom is 0.191 e. The number of hydrogen-bond donors (Lipinski definition) is 2. The highest BCUT2D eigenvalue weighted by Crippen LogP contribution is 2.48. The molecule has 2 N–H and O–H groups in total. The Morgan fingerprint density at radius 3 is 2.65 bits per heavy atom. The predicted molar refractivity (Wildman–Crippen MR) is 101 cm³/mol. The van der Waals surface area contributed by atoms with Gasteiger partial charge in [0.05, 0.1) is 6.54 Å². The third-order valence-electron chi connectivity index (χ3n) is 4.85. The molecule has 0 spiro atoms. The van der Waals surface area contributed by atoms with Gasteiger partial charge in [-0.1, -0.05) is 19.1 Å². The van der Waals surface area contributed by atoms with E-state index in [0.717, 1.165) is 50.7 Å². The van der Waals surface area contributed by atoms with Crippen LogP contribution in [-0.4, -0.2) is 40.4 Å². The molecule has 0 aliphatic heterocycles. The molecule has 0 amide bonds. The summed E-state index contributed by atoms with van der Waals surface area (Å²) in [4.78, 5) is 4.77. The van der Waals surface area contributed by atoms with Gasteiger partial charge in [-0.25, -0.2) is 4.39 Å². The topological polar surface area (TPSA) is 67.1 Å². The third kappa shape index (κ3) is 4.39. The van der Waals surface area contributed by atoms with Gasteiger partial charge in [0.25, 0.3) is 0 Å². The molecule has 1 aromatic carbocycles. The fourth-order valence-electron chi connectivity index (χ4n) is 3.10. The third-order valence-corrected chi connectivity index (χ3v) is 4.85. The van der Waals surface area contributed by atoms with E-state index in [1.165, 1.54) is 17.7 Å². The molecule has 140 valence electrons. The van der Waals surface area contributed by atoms with Gasteiger partial charge in [0, 0.05) is 31.5 Å². The maximum absolute atomic E-state index is 13.2. The van der Waals surface area contributed by atoms with Crippen LogP contribution < -0.4 is 10.6 Å². The van der Waals surface area contributed by atoms with Crippen LogP contribution in [0.15, 0.2) is 35.6 Å². The zero-order chi connectivity index (χ0) is 18.4. The van der Waals surface area contributed by atoms with E-state index < -0.39 is 0 Å². The molecule has 1 heterocycles. The molecule has 3 rings (SSSR count). The van der Waals surface area contributed by atoms with Gasteiger partial charge in [-0.3, -0.25) is 4.99 Å². The first-order chi connectivity index (χ1) is 12.7. The van der Waals surface area contributed by atoms with Crippen LogP contribution in [0.25, 0.3) is 0 Å². The molecule has 1 saturated carbocycles. The Bertz CT molecular complexity index is 733. The van der Waals surface area contributed by atoms with Crippen molar-refractivity contribution < 1.29 is 4.39 Å². The number of aromatic nitrogens is 3. The van der Waals surface area contributed by atoms with Crippen molar-refractivity contribution in [1.82, 2.24) is 25.4 Å². The van der Waals surface area contributed by atoms with Crippen LogP contribution in [0.2, 0.25) is 0 Å². The van der Waals surface area contributed by atoms with E-state index in [1.807, 2.05) is 12.1 Å². The predicted octanol–water partition coefficient (Wildman–Crippen LogP) is 2.27. The van der Waals surface area contributed by atoms with Crippen molar-refractivity contribution in [2.45, 2.75) is 45.1 Å². The largest absolute Gasteiger partial charge is 0.357 e. The second-order valence-corrected chi connectivity index (χ2v) is 6.70. The number of aliphatic imine (C=N–C) groups is 1. The lowest BCUT2D eigenvalue weighted by Gasteiger charge is -2.16. The highest BCUT2D eigenvalue weighted by Gasteiger charge is 2.44. The maximum atomic E-state index is 13.2. The van der Waals surface area contributed by atoms with Crippen LogP contribution in [0.1, 0.15) is 38.1 Å². The average molecular weight is 358 g/mol. The van der Waals surface area contributed by atoms with E-state index in [4.69, 9.17) is 4.99 Å². The Morgan fingerprint density at radius 1 is 1.23 bits per heavy atom. The lowest BCUT2D eigenvalue weighted by molar-refractivity contribution is 0.621. The van der Waals surface area contributed by atoms with Crippen LogP contribution >= 0.6 is 0 Å². The van der Waals surface area contributed by atoms with Gasteiger partial charge in [0.15, 0.2) is 5.96 Å². The summed E-state index contributed by atoms with van der Waals surface area (Å²) in [6.45, 7) is 7.19. The molecule has 0 atom stereocenters. The molecule has 2 aromatic rings. The van der Waals surface area contributed by atoms with Gasteiger partial charge in [-0.15, -0.1) is 10.2 Å². The Kier molecular flexibility index (Phi) is 5.85. The number of nitrogens with one attached hydrogen (secondary N) is 2. The highest BCUT2D eigenvalue weighted by atomic mass is 19.1. The standard InChI is InChI=1S/C19H27FN6/c1-3-17-25-24-14-26(17)12-11-22-18(21-4-2)23-13-19(9-10-19)15-5-7-16(20)8-6-15/h5-8,14H,3-4,9-13H2,1-2H3,(H2,21,22,23). The molecule has 0 bridgehead atoms. The van der Waals surface area contributed by atoms with E-state index in [1.54, 1.807) is 6.33 Å². The fraction of sp³-hybridized carbons (Fsp3) is 0.526. The molecule has 7 heteroatoms. The van der Waals surface area contributed by atoms with E-state index in [-0.39, 0.29) is 11.2 Å². The molecule has 1 aromatic heterocycles. The summed E-state index contributed by atoms with van der Waals surface area (Å²) in [5.41, 5.74) is 1.25. The van der Waals surface area contributed by atoms with Crippen LogP contribution in [0, 0.1) is 5.82 Å². The lowest BCUT2D eigenvalue weighted by atomic mass is 9.96. The molecule has 0 radical (unpaired) electrons. The minimum atomic E-state index is -0.191. The van der Waals surface area contributed by atoms with Crippen molar-refractivity contribution in [2.75, 3.05) is 19.6 Å². The number of benzene rings is 1. The molecule has 1 aliphatic rings. The number of hydrogen-bond acceptors (Lipinski definition) is 3. The molecular weight excluding hydrogens is 331 g/mol. The second-order valence-electron chi connectivity index (χ2n) is 6.70. The minimum Gasteiger partial charge on any atom is -0.357 e. The first-order valence-corrected chi connectivity index (χ1v) is 9.32. The molecular formula is C19H27FN6. The zero-order valence-corrected chi connectivity index (χ0v) is 15.5. The first-order valence-electron chi connectivity index (χ1n) is 9.32. The van der Waals surface area contributed by atoms with Gasteiger partial charge >= 0.3 is 0 Å². The summed E-state index contributed by atoms with van der Waals surface area (Å²) in [6, 6.07) is 6.84. The molecule has 26 heavy (non-hydrogen) atoms. The van der Waals surface area contributed by atoms with E-state index in [2.05, 4.69) is 39.2 Å². The van der Waals surface area contributed by atoms with Gasteiger partial charge in [0.2, 0.25) is 0 Å². The molecule has 6 nitrogen and oxygen atoms in total. The van der Waals surface area contributed by atoms with Crippen LogP contribution in [-0.2, 0) is 18.4 Å². The van der Waals surface area contributed by atoms with Crippen molar-refractivity contribution in [1.29, 1.82) is 0 Å². The summed E-state index contributed by atoms with van der Waals surface area (Å²) in [5.74, 6) is 1.61. The number of nitrogens with zero attached hydrogens (tertiary/aromatic N) is 4. The van der Waals surface area contributed by atoms with Crippen molar-refractivity contribution in [3.05, 3.63) is 47.8 Å². The van der Waals surface area contributed by atoms with Crippen LogP contribution in [0.5, 0.6) is 0 Å². The molecule has 1 fully saturated rings. The molecule has 0 unspecified atom stereocenters. The summed E-state index contributed by atoms with van der Waals surface area (Å²) >= 11 is 0. The molecule has 1 aliphatic carbocycles. The zero-order valence-electron chi connectivity index (χ0n) is 15.5. The Balaban J connectivity index is 1.57. The monoisotopic (exact) mass is 358 g/mol. The normalized spacial score (nSPS) is 15.7. The Morgan fingerprint density at radius 2 is 2.00 bits per heavy atom. The number of rotatable bonds is 8. The number of halogens is 1. The van der Waals surface area contributed by atoms with Crippen molar-refractivity contribution in [3.8, 4) is 0 Å². The second kappa shape index (κ2) is 8.29. The molecule has 0 saturated heterocycles. The number of guanidine groups is 1. The van der Waals surface area contributed by atoms with Crippen molar-refractivity contribution in [2.24, 2.45) is 4.99 Å². The van der Waals surface area contributed by atoms with Crippen LogP contribution in [0.3, 0.4) is 0 Å². The van der Waals surface area contributed by atoms with E-state index in [9.17, 15) is 4.39 Å². The SMILES string of the molecule is CCNC(=NCC1(c2ccc(F)cc2)CC1)NCCn1cnnc1CC. The number of aryl methyl sites for hydroxylation is 1.